The number of aliphatic hydroxyl groups is 2. The summed E-state index contributed by atoms with van der Waals surface area (Å²) >= 11 is 0. The van der Waals surface area contributed by atoms with E-state index in [1.807, 2.05) is 6.08 Å². The fourth-order valence-corrected chi connectivity index (χ4v) is 11.2. The minimum atomic E-state index is -0.845. The fraction of sp³-hybridized carbons (Fsp3) is 0.890. The van der Waals surface area contributed by atoms with Crippen molar-refractivity contribution in [3.8, 4) is 0 Å². The number of aliphatic hydroxyl groups excluding tert-OH is 2. The maximum atomic E-state index is 12.5. The SMILES string of the molecule is CCCCCCCCC/C=C\CCCCCCCC(=O)OCCCCCCCCCCCCCC/C=C\CCCCCCCCCCCCCCC(=O)NC(CO)C(O)/C=C/CCCCCCCCCCCCCCCCCC. The molecule has 79 heavy (non-hydrogen) atoms. The van der Waals surface area contributed by atoms with Crippen LogP contribution in [0, 0.1) is 0 Å². The molecule has 0 fully saturated rings. The first-order chi connectivity index (χ1) is 39.0. The van der Waals surface area contributed by atoms with Crippen molar-refractivity contribution in [3.63, 3.8) is 0 Å². The number of carbonyl (C=O) groups excluding carboxylic acids is 2. The van der Waals surface area contributed by atoms with Gasteiger partial charge in [-0.05, 0) is 83.5 Å². The first-order valence-electron chi connectivity index (χ1n) is 35.8. The van der Waals surface area contributed by atoms with Crippen molar-refractivity contribution in [2.45, 2.75) is 405 Å². The van der Waals surface area contributed by atoms with Crippen LogP contribution in [-0.2, 0) is 14.3 Å². The van der Waals surface area contributed by atoms with Crippen molar-refractivity contribution in [1.82, 2.24) is 5.32 Å². The lowest BCUT2D eigenvalue weighted by Crippen LogP contribution is -2.45. The molecule has 6 nitrogen and oxygen atoms in total. The molecule has 0 rings (SSSR count). The summed E-state index contributed by atoms with van der Waals surface area (Å²) in [5.74, 6) is -0.0564. The average molecular weight is 1110 g/mol. The van der Waals surface area contributed by atoms with Crippen LogP contribution in [0.3, 0.4) is 0 Å². The van der Waals surface area contributed by atoms with Crippen molar-refractivity contribution < 1.29 is 24.5 Å². The second kappa shape index (κ2) is 68.6. The number of hydrogen-bond acceptors (Lipinski definition) is 5. The molecule has 0 heterocycles. The van der Waals surface area contributed by atoms with E-state index in [0.29, 0.717) is 19.4 Å². The lowest BCUT2D eigenvalue weighted by atomic mass is 10.0. The summed E-state index contributed by atoms with van der Waals surface area (Å²) in [4.78, 5) is 24.6. The highest BCUT2D eigenvalue weighted by Crippen LogP contribution is 2.18. The van der Waals surface area contributed by atoms with Crippen molar-refractivity contribution in [1.29, 1.82) is 0 Å². The monoisotopic (exact) mass is 1110 g/mol. The molecule has 0 aromatic carbocycles. The minimum Gasteiger partial charge on any atom is -0.466 e. The van der Waals surface area contributed by atoms with E-state index in [4.69, 9.17) is 4.74 Å². The van der Waals surface area contributed by atoms with Crippen LogP contribution < -0.4 is 5.32 Å². The number of rotatable bonds is 67. The van der Waals surface area contributed by atoms with E-state index in [9.17, 15) is 19.8 Å². The summed E-state index contributed by atoms with van der Waals surface area (Å²) in [6, 6.07) is -0.629. The molecular weight excluding hydrogens is 971 g/mol. The Bertz CT molecular complexity index is 1280. The van der Waals surface area contributed by atoms with Gasteiger partial charge in [0.2, 0.25) is 5.91 Å². The Balaban J connectivity index is 3.40. The van der Waals surface area contributed by atoms with Gasteiger partial charge in [0.1, 0.15) is 0 Å². The van der Waals surface area contributed by atoms with Gasteiger partial charge in [0.25, 0.3) is 0 Å². The number of allylic oxidation sites excluding steroid dienone is 5. The number of esters is 1. The summed E-state index contributed by atoms with van der Waals surface area (Å²) in [5, 5.41) is 23.2. The molecule has 0 saturated heterocycles. The van der Waals surface area contributed by atoms with E-state index in [1.165, 1.54) is 321 Å². The van der Waals surface area contributed by atoms with Gasteiger partial charge in [-0.15, -0.1) is 0 Å². The number of nitrogens with one attached hydrogen (secondary N) is 1. The van der Waals surface area contributed by atoms with Gasteiger partial charge in [-0.25, -0.2) is 0 Å². The molecule has 1 amide bonds. The molecule has 466 valence electrons. The highest BCUT2D eigenvalue weighted by atomic mass is 16.5. The van der Waals surface area contributed by atoms with Crippen molar-refractivity contribution >= 4 is 11.9 Å². The number of carbonyl (C=O) groups is 2. The molecule has 0 spiro atoms. The fourth-order valence-electron chi connectivity index (χ4n) is 11.2. The predicted octanol–water partition coefficient (Wildman–Crippen LogP) is 23.1. The third-order valence-electron chi connectivity index (χ3n) is 16.6. The van der Waals surface area contributed by atoms with Crippen LogP contribution in [0.15, 0.2) is 36.5 Å². The number of ether oxygens (including phenoxy) is 1. The zero-order chi connectivity index (χ0) is 57.1. The quantitative estimate of drug-likeness (QED) is 0.0320. The third kappa shape index (κ3) is 65.1. The van der Waals surface area contributed by atoms with Gasteiger partial charge >= 0.3 is 5.97 Å². The van der Waals surface area contributed by atoms with Gasteiger partial charge in [0, 0.05) is 12.8 Å². The van der Waals surface area contributed by atoms with E-state index < -0.39 is 12.1 Å². The van der Waals surface area contributed by atoms with Gasteiger partial charge in [0.15, 0.2) is 0 Å². The maximum Gasteiger partial charge on any atom is 0.305 e. The normalized spacial score (nSPS) is 12.7. The number of hydrogen-bond donors (Lipinski definition) is 3. The highest BCUT2D eigenvalue weighted by Gasteiger charge is 2.18. The zero-order valence-corrected chi connectivity index (χ0v) is 53.4. The molecule has 0 radical (unpaired) electrons. The third-order valence-corrected chi connectivity index (χ3v) is 16.6. The molecule has 0 aliphatic carbocycles. The summed E-state index contributed by atoms with van der Waals surface area (Å²) in [7, 11) is 0. The summed E-state index contributed by atoms with van der Waals surface area (Å²) in [6.45, 7) is 4.93. The van der Waals surface area contributed by atoms with E-state index in [2.05, 4.69) is 43.5 Å². The summed E-state index contributed by atoms with van der Waals surface area (Å²) in [6.07, 6.45) is 88.0. The molecule has 2 unspecified atom stereocenters. The van der Waals surface area contributed by atoms with Crippen LogP contribution in [0.25, 0.3) is 0 Å². The molecule has 0 saturated carbocycles. The van der Waals surface area contributed by atoms with Crippen LogP contribution in [-0.4, -0.2) is 47.4 Å². The molecule has 2 atom stereocenters. The van der Waals surface area contributed by atoms with Crippen LogP contribution in [0.1, 0.15) is 393 Å². The second-order valence-electron chi connectivity index (χ2n) is 24.6. The van der Waals surface area contributed by atoms with E-state index >= 15 is 0 Å². The highest BCUT2D eigenvalue weighted by molar-refractivity contribution is 5.76. The summed E-state index contributed by atoms with van der Waals surface area (Å²) in [5.41, 5.74) is 0. The molecule has 3 N–H and O–H groups in total. The molecule has 0 aromatic rings. The average Bonchev–Trinajstić information content (AvgIpc) is 3.45. The molecule has 0 aliphatic rings. The number of amides is 1. The predicted molar refractivity (Wildman–Crippen MR) is 347 cm³/mol. The number of unbranched alkanes of at least 4 members (excludes halogenated alkanes) is 52. The lowest BCUT2D eigenvalue weighted by Gasteiger charge is -2.20. The zero-order valence-electron chi connectivity index (χ0n) is 53.4. The van der Waals surface area contributed by atoms with Crippen LogP contribution >= 0.6 is 0 Å². The standard InChI is InChI=1S/C73H139NO5/c1-3-5-7-9-11-13-15-17-19-21-34-37-41-45-49-53-57-61-65-71(76)70(69-75)74-72(77)66-62-58-54-50-46-42-38-35-32-30-28-26-24-22-23-25-27-29-31-33-36-40-44-48-52-56-60-64-68-79-73(78)67-63-59-55-51-47-43-39-20-18-16-14-12-10-8-6-4-2/h20,22-23,39,61,65,70-71,75-76H,3-19,21,24-38,40-60,62-64,66-69H2,1-2H3,(H,74,77)/b23-22-,39-20-,65-61+. The van der Waals surface area contributed by atoms with Gasteiger partial charge in [0.05, 0.1) is 25.4 Å². The van der Waals surface area contributed by atoms with Gasteiger partial charge in [-0.2, -0.15) is 0 Å². The van der Waals surface area contributed by atoms with Crippen LogP contribution in [0.5, 0.6) is 0 Å². The topological polar surface area (TPSA) is 95.9 Å². The molecule has 0 bridgehead atoms. The molecule has 0 aromatic heterocycles. The largest absolute Gasteiger partial charge is 0.466 e. The minimum absolute atomic E-state index is 0.00855. The van der Waals surface area contributed by atoms with Gasteiger partial charge < -0.3 is 20.3 Å². The van der Waals surface area contributed by atoms with Gasteiger partial charge in [-0.3, -0.25) is 9.59 Å². The Morgan fingerprint density at radius 3 is 0.899 bits per heavy atom. The van der Waals surface area contributed by atoms with Crippen molar-refractivity contribution in [2.75, 3.05) is 13.2 Å². The first-order valence-corrected chi connectivity index (χ1v) is 35.8. The van der Waals surface area contributed by atoms with Crippen LogP contribution in [0.4, 0.5) is 0 Å². The van der Waals surface area contributed by atoms with Gasteiger partial charge in [-0.1, -0.05) is 333 Å². The van der Waals surface area contributed by atoms with E-state index in [0.717, 1.165) is 44.9 Å². The van der Waals surface area contributed by atoms with E-state index in [1.54, 1.807) is 6.08 Å². The Morgan fingerprint density at radius 1 is 0.342 bits per heavy atom. The van der Waals surface area contributed by atoms with Crippen molar-refractivity contribution in [2.24, 2.45) is 0 Å². The Labute approximate surface area is 494 Å². The Kier molecular flexibility index (Phi) is 66.9. The van der Waals surface area contributed by atoms with Crippen LogP contribution in [0.2, 0.25) is 0 Å². The molecule has 6 heteroatoms. The first kappa shape index (κ1) is 77.1. The Morgan fingerprint density at radius 2 is 0.595 bits per heavy atom. The Hall–Kier alpha value is -1.92. The molecular formula is C73H139NO5. The lowest BCUT2D eigenvalue weighted by molar-refractivity contribution is -0.143. The van der Waals surface area contributed by atoms with E-state index in [-0.39, 0.29) is 18.5 Å². The van der Waals surface area contributed by atoms with Crippen molar-refractivity contribution in [3.05, 3.63) is 36.5 Å². The summed E-state index contributed by atoms with van der Waals surface area (Å²) < 4.78 is 5.49. The maximum absolute atomic E-state index is 12.5. The second-order valence-corrected chi connectivity index (χ2v) is 24.6. The smallest absolute Gasteiger partial charge is 0.305 e. The molecule has 0 aliphatic heterocycles.